The van der Waals surface area contributed by atoms with E-state index in [1.165, 1.54) is 0 Å². The molecule has 4 atom stereocenters. The minimum Gasteiger partial charge on any atom is -0.395 e. The molecule has 1 saturated heterocycles. The standard InChI is InChI=1S/C23H32N4O6/c28-15-20-22(30)23(31)21(29)14-26(20)11-4-2-1-3-10-25-18-8-7-16(12-19(18)27(32)33)17-6-5-9-24-13-17/h5-9,12-13,20-23,25,28-31H,1-4,10-11,14-15H2/t20-,21?,22?,23?/m0/s1. The van der Waals surface area contributed by atoms with Crippen molar-refractivity contribution in [2.75, 3.05) is 31.6 Å². The third-order valence-corrected chi connectivity index (χ3v) is 6.09. The quantitative estimate of drug-likeness (QED) is 0.190. The van der Waals surface area contributed by atoms with E-state index < -0.39 is 29.3 Å². The summed E-state index contributed by atoms with van der Waals surface area (Å²) in [6.07, 6.45) is 3.31. The van der Waals surface area contributed by atoms with Crippen molar-refractivity contribution in [2.45, 2.75) is 50.0 Å². The molecule has 0 radical (unpaired) electrons. The predicted octanol–water partition coefficient (Wildman–Crippen LogP) is 1.39. The van der Waals surface area contributed by atoms with Crippen LogP contribution in [-0.2, 0) is 0 Å². The van der Waals surface area contributed by atoms with Crippen LogP contribution in [0.2, 0.25) is 0 Å². The van der Waals surface area contributed by atoms with E-state index in [2.05, 4.69) is 10.3 Å². The Balaban J connectivity index is 1.42. The number of benzene rings is 1. The molecule has 1 aromatic heterocycles. The van der Waals surface area contributed by atoms with Gasteiger partial charge in [0.2, 0.25) is 0 Å². The molecule has 1 aliphatic heterocycles. The molecule has 0 bridgehead atoms. The Morgan fingerprint density at radius 2 is 1.88 bits per heavy atom. The number of pyridine rings is 1. The SMILES string of the molecule is O=[N+]([O-])c1cc(-c2cccnc2)ccc1NCCCCCCN1CC(O)C(O)C(O)[C@@H]1CO. The average molecular weight is 461 g/mol. The van der Waals surface area contributed by atoms with Crippen LogP contribution in [0.25, 0.3) is 11.1 Å². The molecule has 0 aliphatic carbocycles. The average Bonchev–Trinajstić information content (AvgIpc) is 2.82. The molecule has 0 saturated carbocycles. The van der Waals surface area contributed by atoms with Gasteiger partial charge in [0, 0.05) is 37.1 Å². The summed E-state index contributed by atoms with van der Waals surface area (Å²) in [6, 6.07) is 8.17. The lowest BCUT2D eigenvalue weighted by Crippen LogP contribution is -2.62. The van der Waals surface area contributed by atoms with E-state index in [-0.39, 0.29) is 18.8 Å². The maximum atomic E-state index is 11.5. The lowest BCUT2D eigenvalue weighted by Gasteiger charge is -2.43. The second-order valence-corrected chi connectivity index (χ2v) is 8.37. The Morgan fingerprint density at radius 3 is 2.58 bits per heavy atom. The highest BCUT2D eigenvalue weighted by atomic mass is 16.6. The van der Waals surface area contributed by atoms with Gasteiger partial charge in [-0.25, -0.2) is 0 Å². The number of hydrogen-bond donors (Lipinski definition) is 5. The van der Waals surface area contributed by atoms with Gasteiger partial charge in [0.15, 0.2) is 0 Å². The number of hydrogen-bond acceptors (Lipinski definition) is 9. The Kier molecular flexibility index (Phi) is 9.10. The molecule has 3 rings (SSSR count). The Morgan fingerprint density at radius 1 is 1.09 bits per heavy atom. The van der Waals surface area contributed by atoms with Gasteiger partial charge in [-0.05, 0) is 37.1 Å². The van der Waals surface area contributed by atoms with Crippen molar-refractivity contribution in [3.8, 4) is 11.1 Å². The molecule has 1 fully saturated rings. The maximum Gasteiger partial charge on any atom is 0.292 e. The highest BCUT2D eigenvalue weighted by Gasteiger charge is 2.40. The molecule has 10 nitrogen and oxygen atoms in total. The molecule has 2 heterocycles. The van der Waals surface area contributed by atoms with E-state index in [1.807, 2.05) is 17.0 Å². The van der Waals surface area contributed by atoms with Gasteiger partial charge in [-0.1, -0.05) is 25.0 Å². The number of piperidine rings is 1. The first-order valence-corrected chi connectivity index (χ1v) is 11.2. The molecule has 180 valence electrons. The monoisotopic (exact) mass is 460 g/mol. The topological polar surface area (TPSA) is 152 Å². The van der Waals surface area contributed by atoms with Gasteiger partial charge >= 0.3 is 0 Å². The van der Waals surface area contributed by atoms with E-state index >= 15 is 0 Å². The number of aliphatic hydroxyl groups is 4. The van der Waals surface area contributed by atoms with E-state index in [1.54, 1.807) is 30.6 Å². The molecule has 1 aromatic carbocycles. The van der Waals surface area contributed by atoms with Crippen LogP contribution in [-0.4, -0.2) is 85.8 Å². The van der Waals surface area contributed by atoms with Crippen LogP contribution in [0.15, 0.2) is 42.7 Å². The lowest BCUT2D eigenvalue weighted by molar-refractivity contribution is -0.383. The van der Waals surface area contributed by atoms with Gasteiger partial charge < -0.3 is 25.7 Å². The first kappa shape index (κ1) is 25.0. The number of rotatable bonds is 11. The van der Waals surface area contributed by atoms with Crippen molar-refractivity contribution in [1.29, 1.82) is 0 Å². The summed E-state index contributed by atoms with van der Waals surface area (Å²) < 4.78 is 0. The second kappa shape index (κ2) is 12.0. The minimum atomic E-state index is -1.24. The number of anilines is 1. The largest absolute Gasteiger partial charge is 0.395 e. The van der Waals surface area contributed by atoms with Crippen molar-refractivity contribution in [3.63, 3.8) is 0 Å². The van der Waals surface area contributed by atoms with Crippen LogP contribution in [0.4, 0.5) is 11.4 Å². The Bertz CT molecular complexity index is 900. The van der Waals surface area contributed by atoms with Crippen molar-refractivity contribution < 1.29 is 25.3 Å². The van der Waals surface area contributed by atoms with E-state index in [0.717, 1.165) is 36.8 Å². The van der Waals surface area contributed by atoms with E-state index in [0.29, 0.717) is 18.8 Å². The molecule has 0 spiro atoms. The summed E-state index contributed by atoms with van der Waals surface area (Å²) in [6.45, 7) is 1.12. The van der Waals surface area contributed by atoms with Crippen LogP contribution >= 0.6 is 0 Å². The molecule has 2 aromatic rings. The van der Waals surface area contributed by atoms with Crippen molar-refractivity contribution in [3.05, 3.63) is 52.8 Å². The fraction of sp³-hybridized carbons (Fsp3) is 0.522. The van der Waals surface area contributed by atoms with Gasteiger partial charge in [0.1, 0.15) is 17.9 Å². The second-order valence-electron chi connectivity index (χ2n) is 8.37. The predicted molar refractivity (Wildman–Crippen MR) is 124 cm³/mol. The molecule has 0 amide bonds. The number of aromatic nitrogens is 1. The van der Waals surface area contributed by atoms with Gasteiger partial charge in [-0.2, -0.15) is 0 Å². The zero-order valence-electron chi connectivity index (χ0n) is 18.5. The first-order chi connectivity index (χ1) is 15.9. The zero-order valence-corrected chi connectivity index (χ0v) is 18.5. The summed E-state index contributed by atoms with van der Waals surface area (Å²) in [4.78, 5) is 17.0. The van der Waals surface area contributed by atoms with Crippen molar-refractivity contribution in [2.24, 2.45) is 0 Å². The summed E-state index contributed by atoms with van der Waals surface area (Å²) in [7, 11) is 0. The third kappa shape index (κ3) is 6.46. The molecule has 10 heteroatoms. The smallest absolute Gasteiger partial charge is 0.292 e. The maximum absolute atomic E-state index is 11.5. The fourth-order valence-electron chi connectivity index (χ4n) is 4.20. The fourth-order valence-corrected chi connectivity index (χ4v) is 4.20. The molecular weight excluding hydrogens is 428 g/mol. The zero-order chi connectivity index (χ0) is 23.8. The van der Waals surface area contributed by atoms with E-state index in [4.69, 9.17) is 0 Å². The van der Waals surface area contributed by atoms with Crippen LogP contribution in [0, 0.1) is 10.1 Å². The number of nitro benzene ring substituents is 1. The first-order valence-electron chi connectivity index (χ1n) is 11.2. The minimum absolute atomic E-state index is 0.0239. The Hall–Kier alpha value is -2.63. The molecule has 1 aliphatic rings. The highest BCUT2D eigenvalue weighted by Crippen LogP contribution is 2.30. The summed E-state index contributed by atoms with van der Waals surface area (Å²) in [5, 5.41) is 53.8. The molecule has 33 heavy (non-hydrogen) atoms. The van der Waals surface area contributed by atoms with Gasteiger partial charge in [-0.15, -0.1) is 0 Å². The summed E-state index contributed by atoms with van der Waals surface area (Å²) in [5.74, 6) is 0. The van der Waals surface area contributed by atoms with Crippen LogP contribution in [0.5, 0.6) is 0 Å². The van der Waals surface area contributed by atoms with Crippen LogP contribution < -0.4 is 5.32 Å². The number of nitrogens with one attached hydrogen (secondary N) is 1. The van der Waals surface area contributed by atoms with Crippen LogP contribution in [0.1, 0.15) is 25.7 Å². The van der Waals surface area contributed by atoms with E-state index in [9.17, 15) is 30.5 Å². The summed E-state index contributed by atoms with van der Waals surface area (Å²) >= 11 is 0. The molecule has 3 unspecified atom stereocenters. The molecular formula is C23H32N4O6. The number of likely N-dealkylation sites (tertiary alicyclic amines) is 1. The number of β-amino-alcohol motifs (C(OH)–C–C–N with tert-alkyl or cyclic N) is 1. The Labute approximate surface area is 192 Å². The third-order valence-electron chi connectivity index (χ3n) is 6.09. The number of aliphatic hydroxyl groups excluding tert-OH is 4. The summed E-state index contributed by atoms with van der Waals surface area (Å²) in [5.41, 5.74) is 2.06. The van der Waals surface area contributed by atoms with Crippen molar-refractivity contribution >= 4 is 11.4 Å². The number of unbranched alkanes of at least 4 members (excludes halogenated alkanes) is 3. The lowest BCUT2D eigenvalue weighted by atomic mass is 9.94. The van der Waals surface area contributed by atoms with Gasteiger partial charge in [-0.3, -0.25) is 20.0 Å². The molecule has 5 N–H and O–H groups in total. The van der Waals surface area contributed by atoms with Crippen molar-refractivity contribution in [1.82, 2.24) is 9.88 Å². The normalized spacial score (nSPS) is 23.4. The highest BCUT2D eigenvalue weighted by molar-refractivity contribution is 5.73. The van der Waals surface area contributed by atoms with Gasteiger partial charge in [0.05, 0.1) is 23.7 Å². The van der Waals surface area contributed by atoms with Crippen LogP contribution in [0.3, 0.4) is 0 Å². The number of nitrogens with zero attached hydrogens (tertiary/aromatic N) is 3. The van der Waals surface area contributed by atoms with Gasteiger partial charge in [0.25, 0.3) is 5.69 Å². The number of nitro groups is 1.